The van der Waals surface area contributed by atoms with Gasteiger partial charge in [0.05, 0.1) is 12.7 Å². The topological polar surface area (TPSA) is 36.3 Å². The van der Waals surface area contributed by atoms with Gasteiger partial charge in [-0.3, -0.25) is 5.41 Å². The molecule has 0 amide bonds. The van der Waals surface area contributed by atoms with E-state index in [4.69, 9.17) is 10.1 Å². The van der Waals surface area contributed by atoms with E-state index >= 15 is 0 Å². The molecule has 100 valence electrons. The number of fused-ring (bicyclic) bond motifs is 1. The predicted molar refractivity (Wildman–Crippen MR) is 72.8 cm³/mol. The Hall–Kier alpha value is -0.830. The highest BCUT2D eigenvalue weighted by Crippen LogP contribution is 2.48. The van der Waals surface area contributed by atoms with Crippen LogP contribution in [0, 0.1) is 16.7 Å². The van der Waals surface area contributed by atoms with Gasteiger partial charge in [0.2, 0.25) is 0 Å². The van der Waals surface area contributed by atoms with E-state index in [2.05, 4.69) is 18.4 Å². The minimum atomic E-state index is 0.446. The third kappa shape index (κ3) is 2.20. The van der Waals surface area contributed by atoms with Crippen molar-refractivity contribution in [1.29, 1.82) is 5.41 Å². The number of ether oxygens (including phenoxy) is 1. The summed E-state index contributed by atoms with van der Waals surface area (Å²) in [5, 5.41) is 8.06. The Kier molecular flexibility index (Phi) is 2.77. The van der Waals surface area contributed by atoms with Crippen molar-refractivity contribution in [3.8, 4) is 0 Å². The first-order valence-electron chi connectivity index (χ1n) is 7.13. The van der Waals surface area contributed by atoms with Crippen molar-refractivity contribution < 1.29 is 4.74 Å². The first-order chi connectivity index (χ1) is 8.50. The molecule has 0 aromatic rings. The summed E-state index contributed by atoms with van der Waals surface area (Å²) in [4.78, 5) is 2.23. The molecule has 3 heteroatoms. The number of nitrogens with one attached hydrogen (secondary N) is 1. The number of nitrogens with zero attached hydrogens (tertiary/aromatic N) is 1. The van der Waals surface area contributed by atoms with Crippen molar-refractivity contribution in [2.24, 2.45) is 11.3 Å². The molecule has 3 nitrogen and oxygen atoms in total. The minimum absolute atomic E-state index is 0.446. The molecular formula is C15H24N2O. The van der Waals surface area contributed by atoms with Crippen molar-refractivity contribution >= 4 is 5.84 Å². The molecule has 18 heavy (non-hydrogen) atoms. The van der Waals surface area contributed by atoms with Crippen molar-refractivity contribution in [1.82, 2.24) is 4.90 Å². The van der Waals surface area contributed by atoms with Crippen LogP contribution in [0.4, 0.5) is 0 Å². The van der Waals surface area contributed by atoms with Crippen LogP contribution in [0.2, 0.25) is 0 Å². The van der Waals surface area contributed by atoms with Gasteiger partial charge in [0.1, 0.15) is 5.84 Å². The van der Waals surface area contributed by atoms with Crippen LogP contribution in [-0.4, -0.2) is 36.0 Å². The van der Waals surface area contributed by atoms with Crippen LogP contribution >= 0.6 is 0 Å². The summed E-state index contributed by atoms with van der Waals surface area (Å²) in [6, 6.07) is 0.556. The fraction of sp³-hybridized carbons (Fsp3) is 0.800. The number of piperidine rings is 1. The fourth-order valence-electron chi connectivity index (χ4n) is 3.00. The molecule has 3 atom stereocenters. The van der Waals surface area contributed by atoms with Crippen molar-refractivity contribution in [2.45, 2.75) is 51.7 Å². The number of hydrogen-bond acceptors (Lipinski definition) is 2. The summed E-state index contributed by atoms with van der Waals surface area (Å²) in [7, 11) is 0. The van der Waals surface area contributed by atoms with Crippen molar-refractivity contribution in [3.63, 3.8) is 0 Å². The molecule has 3 rings (SSSR count). The number of rotatable bonds is 4. The summed E-state index contributed by atoms with van der Waals surface area (Å²) in [5.41, 5.74) is 1.37. The van der Waals surface area contributed by atoms with Crippen molar-refractivity contribution in [2.75, 3.05) is 13.2 Å². The first kappa shape index (κ1) is 12.2. The molecular weight excluding hydrogens is 224 g/mol. The van der Waals surface area contributed by atoms with Crippen LogP contribution in [0.1, 0.15) is 39.5 Å². The summed E-state index contributed by atoms with van der Waals surface area (Å²) in [6.45, 7) is 10.0. The quantitative estimate of drug-likeness (QED) is 0.613. The van der Waals surface area contributed by atoms with Gasteiger partial charge in [-0.1, -0.05) is 13.5 Å². The molecule has 1 N–H and O–H groups in total. The van der Waals surface area contributed by atoms with Crippen LogP contribution < -0.4 is 0 Å². The largest absolute Gasteiger partial charge is 0.377 e. The van der Waals surface area contributed by atoms with E-state index in [0.29, 0.717) is 29.3 Å². The third-order valence-corrected chi connectivity index (χ3v) is 4.78. The van der Waals surface area contributed by atoms with Crippen LogP contribution in [0.5, 0.6) is 0 Å². The van der Waals surface area contributed by atoms with E-state index in [9.17, 15) is 0 Å². The van der Waals surface area contributed by atoms with E-state index in [1.54, 1.807) is 0 Å². The monoisotopic (exact) mass is 248 g/mol. The Labute approximate surface area is 110 Å². The van der Waals surface area contributed by atoms with E-state index in [-0.39, 0.29) is 0 Å². The second kappa shape index (κ2) is 4.09. The highest BCUT2D eigenvalue weighted by molar-refractivity contribution is 5.95. The van der Waals surface area contributed by atoms with E-state index < -0.39 is 0 Å². The Morgan fingerprint density at radius 1 is 1.50 bits per heavy atom. The van der Waals surface area contributed by atoms with Crippen molar-refractivity contribution in [3.05, 3.63) is 12.2 Å². The lowest BCUT2D eigenvalue weighted by Crippen LogP contribution is -2.42. The molecule has 0 aromatic carbocycles. The van der Waals surface area contributed by atoms with E-state index in [1.807, 2.05) is 6.92 Å². The highest BCUT2D eigenvalue weighted by Gasteiger charge is 2.52. The van der Waals surface area contributed by atoms with Crippen LogP contribution in [-0.2, 0) is 4.74 Å². The van der Waals surface area contributed by atoms with Gasteiger partial charge in [0.25, 0.3) is 0 Å². The van der Waals surface area contributed by atoms with E-state index in [1.165, 1.54) is 19.3 Å². The highest BCUT2D eigenvalue weighted by atomic mass is 16.5. The van der Waals surface area contributed by atoms with E-state index in [0.717, 1.165) is 25.1 Å². The average molecular weight is 248 g/mol. The number of amidine groups is 1. The maximum atomic E-state index is 8.06. The molecule has 3 aliphatic rings. The van der Waals surface area contributed by atoms with Gasteiger partial charge < -0.3 is 9.64 Å². The lowest BCUT2D eigenvalue weighted by Gasteiger charge is -2.33. The van der Waals surface area contributed by atoms with Gasteiger partial charge >= 0.3 is 0 Å². The minimum Gasteiger partial charge on any atom is -0.377 e. The molecule has 0 spiro atoms. The Morgan fingerprint density at radius 2 is 2.22 bits per heavy atom. The SMILES string of the molecule is C=C(C)C(=N)N1CCC(OCC2(C)CC2)C2CC21. The summed E-state index contributed by atoms with van der Waals surface area (Å²) in [6.07, 6.45) is 5.39. The summed E-state index contributed by atoms with van der Waals surface area (Å²) in [5.74, 6) is 1.30. The normalized spacial score (nSPS) is 35.9. The molecule has 2 saturated carbocycles. The molecule has 0 radical (unpaired) electrons. The van der Waals surface area contributed by atoms with Gasteiger partial charge in [0, 0.05) is 18.5 Å². The number of likely N-dealkylation sites (tertiary alicyclic amines) is 1. The maximum Gasteiger partial charge on any atom is 0.123 e. The molecule has 0 aromatic heterocycles. The van der Waals surface area contributed by atoms with Crippen LogP contribution in [0.15, 0.2) is 12.2 Å². The summed E-state index contributed by atoms with van der Waals surface area (Å²) < 4.78 is 6.13. The zero-order valence-electron chi connectivity index (χ0n) is 11.5. The molecule has 1 saturated heterocycles. The Balaban J connectivity index is 1.52. The molecule has 3 unspecified atom stereocenters. The Bertz CT molecular complexity index is 386. The second-order valence-electron chi connectivity index (χ2n) is 6.74. The van der Waals surface area contributed by atoms with Gasteiger partial charge in [0.15, 0.2) is 0 Å². The molecule has 0 bridgehead atoms. The maximum absolute atomic E-state index is 8.06. The van der Waals surface area contributed by atoms with Gasteiger partial charge in [-0.15, -0.1) is 0 Å². The van der Waals surface area contributed by atoms with Gasteiger partial charge in [-0.2, -0.15) is 0 Å². The Morgan fingerprint density at radius 3 is 2.83 bits per heavy atom. The van der Waals surface area contributed by atoms with Gasteiger partial charge in [-0.25, -0.2) is 0 Å². The van der Waals surface area contributed by atoms with Crippen LogP contribution in [0.25, 0.3) is 0 Å². The zero-order valence-corrected chi connectivity index (χ0v) is 11.5. The smallest absolute Gasteiger partial charge is 0.123 e. The zero-order chi connectivity index (χ0) is 12.9. The molecule has 1 aliphatic heterocycles. The standard InChI is InChI=1S/C15H24N2O/c1-10(2)14(16)17-7-4-13(11-8-12(11)17)18-9-15(3)5-6-15/h11-13,16H,1,4-9H2,2-3H3. The third-order valence-electron chi connectivity index (χ3n) is 4.78. The average Bonchev–Trinajstić information content (AvgIpc) is 3.21. The lowest BCUT2D eigenvalue weighted by atomic mass is 10.1. The second-order valence-corrected chi connectivity index (χ2v) is 6.74. The lowest BCUT2D eigenvalue weighted by molar-refractivity contribution is -0.00960. The van der Waals surface area contributed by atoms with Crippen LogP contribution in [0.3, 0.4) is 0 Å². The first-order valence-corrected chi connectivity index (χ1v) is 7.13. The van der Waals surface area contributed by atoms with Gasteiger partial charge in [-0.05, 0) is 43.6 Å². The molecule has 2 aliphatic carbocycles. The summed E-state index contributed by atoms with van der Waals surface area (Å²) >= 11 is 0. The number of hydrogen-bond donors (Lipinski definition) is 1. The predicted octanol–water partition coefficient (Wildman–Crippen LogP) is 2.82. The fourth-order valence-corrected chi connectivity index (χ4v) is 3.00. The molecule has 3 fully saturated rings. The molecule has 1 heterocycles.